The summed E-state index contributed by atoms with van der Waals surface area (Å²) in [6, 6.07) is 0.386. The lowest BCUT2D eigenvalue weighted by Crippen LogP contribution is -2.14. The van der Waals surface area contributed by atoms with Crippen molar-refractivity contribution in [2.24, 2.45) is 0 Å². The normalized spacial score (nSPS) is 10.7. The van der Waals surface area contributed by atoms with Crippen LogP contribution in [0.2, 0.25) is 0 Å². The molecule has 68 valence electrons. The van der Waals surface area contributed by atoms with Crippen LogP contribution in [0.25, 0.3) is 0 Å². The molecule has 0 aliphatic carbocycles. The quantitative estimate of drug-likeness (QED) is 0.715. The highest BCUT2D eigenvalue weighted by Crippen LogP contribution is 2.10. The first-order chi connectivity index (χ1) is 5.63. The first-order valence-electron chi connectivity index (χ1n) is 4.22. The summed E-state index contributed by atoms with van der Waals surface area (Å²) in [7, 11) is 0. The highest BCUT2D eigenvalue weighted by molar-refractivity contribution is 5.39. The van der Waals surface area contributed by atoms with E-state index in [0.29, 0.717) is 11.9 Å². The third kappa shape index (κ3) is 1.90. The molecule has 0 saturated heterocycles. The monoisotopic (exact) mass is 168 g/mol. The van der Waals surface area contributed by atoms with Crippen molar-refractivity contribution in [3.63, 3.8) is 0 Å². The van der Waals surface area contributed by atoms with Crippen molar-refractivity contribution < 1.29 is 0 Å². The van der Waals surface area contributed by atoms with Gasteiger partial charge < -0.3 is 15.6 Å². The molecule has 12 heavy (non-hydrogen) atoms. The molecule has 0 aliphatic heterocycles. The van der Waals surface area contributed by atoms with Crippen molar-refractivity contribution in [2.75, 3.05) is 11.1 Å². The maximum Gasteiger partial charge on any atom is 0.205 e. The highest BCUT2D eigenvalue weighted by atomic mass is 15.2. The van der Waals surface area contributed by atoms with Crippen LogP contribution in [0.15, 0.2) is 6.20 Å². The Morgan fingerprint density at radius 1 is 1.67 bits per heavy atom. The van der Waals surface area contributed by atoms with Crippen LogP contribution in [-0.4, -0.2) is 15.6 Å². The van der Waals surface area contributed by atoms with Crippen LogP contribution in [-0.2, 0) is 6.54 Å². The SMILES string of the molecule is CCn1cc(N)nc1NC(C)C. The lowest BCUT2D eigenvalue weighted by molar-refractivity contribution is 0.747. The number of hydrogen-bond acceptors (Lipinski definition) is 3. The zero-order chi connectivity index (χ0) is 9.14. The largest absolute Gasteiger partial charge is 0.382 e. The third-order valence-corrected chi connectivity index (χ3v) is 1.55. The molecule has 4 nitrogen and oxygen atoms in total. The van der Waals surface area contributed by atoms with Crippen LogP contribution >= 0.6 is 0 Å². The average Bonchev–Trinajstić information content (AvgIpc) is 2.29. The van der Waals surface area contributed by atoms with E-state index in [1.807, 2.05) is 10.8 Å². The fraction of sp³-hybridized carbons (Fsp3) is 0.625. The minimum absolute atomic E-state index is 0.386. The minimum Gasteiger partial charge on any atom is -0.382 e. The molecule has 0 amide bonds. The number of hydrogen-bond donors (Lipinski definition) is 2. The smallest absolute Gasteiger partial charge is 0.205 e. The van der Waals surface area contributed by atoms with Gasteiger partial charge in [-0.05, 0) is 20.8 Å². The van der Waals surface area contributed by atoms with E-state index in [1.165, 1.54) is 0 Å². The molecule has 0 saturated carbocycles. The maximum atomic E-state index is 5.56. The summed E-state index contributed by atoms with van der Waals surface area (Å²) in [6.07, 6.45) is 1.84. The zero-order valence-corrected chi connectivity index (χ0v) is 7.83. The third-order valence-electron chi connectivity index (χ3n) is 1.55. The molecule has 0 fully saturated rings. The van der Waals surface area contributed by atoms with Crippen molar-refractivity contribution in [1.82, 2.24) is 9.55 Å². The Labute approximate surface area is 72.8 Å². The fourth-order valence-electron chi connectivity index (χ4n) is 1.05. The molecule has 1 rings (SSSR count). The van der Waals surface area contributed by atoms with Gasteiger partial charge >= 0.3 is 0 Å². The summed E-state index contributed by atoms with van der Waals surface area (Å²) < 4.78 is 2.00. The number of nitrogen functional groups attached to an aromatic ring is 1. The summed E-state index contributed by atoms with van der Waals surface area (Å²) in [4.78, 5) is 4.15. The Hall–Kier alpha value is -1.19. The number of nitrogens with two attached hydrogens (primary N) is 1. The molecule has 0 radical (unpaired) electrons. The maximum absolute atomic E-state index is 5.56. The molecule has 0 unspecified atom stereocenters. The van der Waals surface area contributed by atoms with Crippen molar-refractivity contribution in [1.29, 1.82) is 0 Å². The van der Waals surface area contributed by atoms with Gasteiger partial charge in [0, 0.05) is 18.8 Å². The Morgan fingerprint density at radius 3 is 2.83 bits per heavy atom. The van der Waals surface area contributed by atoms with Gasteiger partial charge in [0.25, 0.3) is 0 Å². The standard InChI is InChI=1S/C8H16N4/c1-4-12-5-7(9)11-8(12)10-6(2)3/h5-6H,4,9H2,1-3H3,(H,10,11). The Kier molecular flexibility index (Phi) is 2.58. The van der Waals surface area contributed by atoms with E-state index in [1.54, 1.807) is 0 Å². The second-order valence-electron chi connectivity index (χ2n) is 3.07. The average molecular weight is 168 g/mol. The van der Waals surface area contributed by atoms with Crippen LogP contribution in [0, 0.1) is 0 Å². The van der Waals surface area contributed by atoms with Gasteiger partial charge in [-0.2, -0.15) is 4.98 Å². The fourth-order valence-corrected chi connectivity index (χ4v) is 1.05. The molecule has 0 atom stereocenters. The number of nitrogens with one attached hydrogen (secondary N) is 1. The van der Waals surface area contributed by atoms with E-state index >= 15 is 0 Å². The van der Waals surface area contributed by atoms with E-state index < -0.39 is 0 Å². The second-order valence-corrected chi connectivity index (χ2v) is 3.07. The molecule has 4 heteroatoms. The minimum atomic E-state index is 0.386. The Bertz CT molecular complexity index is 252. The van der Waals surface area contributed by atoms with Gasteiger partial charge in [-0.15, -0.1) is 0 Å². The highest BCUT2D eigenvalue weighted by Gasteiger charge is 2.04. The summed E-state index contributed by atoms with van der Waals surface area (Å²) in [5, 5.41) is 3.22. The molecule has 0 bridgehead atoms. The van der Waals surface area contributed by atoms with Gasteiger partial charge in [-0.1, -0.05) is 0 Å². The first kappa shape index (κ1) is 8.90. The summed E-state index contributed by atoms with van der Waals surface area (Å²) in [5.74, 6) is 1.42. The van der Waals surface area contributed by atoms with E-state index in [-0.39, 0.29) is 0 Å². The van der Waals surface area contributed by atoms with E-state index in [2.05, 4.69) is 31.1 Å². The topological polar surface area (TPSA) is 55.9 Å². The molecule has 3 N–H and O–H groups in total. The van der Waals surface area contributed by atoms with E-state index in [9.17, 15) is 0 Å². The zero-order valence-electron chi connectivity index (χ0n) is 7.83. The number of nitrogens with zero attached hydrogens (tertiary/aromatic N) is 2. The summed E-state index contributed by atoms with van der Waals surface area (Å²) in [6.45, 7) is 7.10. The Balaban J connectivity index is 2.81. The number of rotatable bonds is 3. The van der Waals surface area contributed by atoms with Gasteiger partial charge in [0.05, 0.1) is 0 Å². The van der Waals surface area contributed by atoms with Gasteiger partial charge in [0.2, 0.25) is 5.95 Å². The number of imidazole rings is 1. The second kappa shape index (κ2) is 3.47. The van der Waals surface area contributed by atoms with Crippen molar-refractivity contribution in [3.05, 3.63) is 6.20 Å². The van der Waals surface area contributed by atoms with Crippen molar-refractivity contribution in [3.8, 4) is 0 Å². The van der Waals surface area contributed by atoms with Crippen LogP contribution in [0.4, 0.5) is 11.8 Å². The number of aryl methyl sites for hydroxylation is 1. The lowest BCUT2D eigenvalue weighted by atomic mass is 10.4. The summed E-state index contributed by atoms with van der Waals surface area (Å²) in [5.41, 5.74) is 5.56. The lowest BCUT2D eigenvalue weighted by Gasteiger charge is -2.09. The first-order valence-corrected chi connectivity index (χ1v) is 4.22. The predicted molar refractivity (Wildman–Crippen MR) is 51.1 cm³/mol. The van der Waals surface area contributed by atoms with Crippen LogP contribution in [0.5, 0.6) is 0 Å². The number of anilines is 2. The van der Waals surface area contributed by atoms with Crippen molar-refractivity contribution in [2.45, 2.75) is 33.4 Å². The van der Waals surface area contributed by atoms with E-state index in [4.69, 9.17) is 5.73 Å². The Morgan fingerprint density at radius 2 is 2.33 bits per heavy atom. The molecule has 1 aromatic heterocycles. The molecule has 0 aliphatic rings. The number of aromatic nitrogens is 2. The molecular formula is C8H16N4. The summed E-state index contributed by atoms with van der Waals surface area (Å²) >= 11 is 0. The predicted octanol–water partition coefficient (Wildman–Crippen LogP) is 1.31. The molecule has 1 aromatic rings. The van der Waals surface area contributed by atoms with Gasteiger partial charge in [0.15, 0.2) is 0 Å². The van der Waals surface area contributed by atoms with Crippen LogP contribution in [0.3, 0.4) is 0 Å². The van der Waals surface area contributed by atoms with Gasteiger partial charge in [-0.25, -0.2) is 0 Å². The van der Waals surface area contributed by atoms with Crippen LogP contribution < -0.4 is 11.1 Å². The van der Waals surface area contributed by atoms with Gasteiger partial charge in [-0.3, -0.25) is 0 Å². The van der Waals surface area contributed by atoms with Crippen molar-refractivity contribution >= 4 is 11.8 Å². The van der Waals surface area contributed by atoms with Crippen LogP contribution in [0.1, 0.15) is 20.8 Å². The molecule has 0 spiro atoms. The van der Waals surface area contributed by atoms with E-state index in [0.717, 1.165) is 12.5 Å². The molecular weight excluding hydrogens is 152 g/mol. The molecule has 0 aromatic carbocycles. The molecule has 1 heterocycles. The van der Waals surface area contributed by atoms with Gasteiger partial charge in [0.1, 0.15) is 5.82 Å².